The van der Waals surface area contributed by atoms with Gasteiger partial charge in [-0.2, -0.15) is 13.2 Å². The van der Waals surface area contributed by atoms with Crippen molar-refractivity contribution in [3.63, 3.8) is 0 Å². The molecule has 1 aromatic heterocycles. The first-order valence-corrected chi connectivity index (χ1v) is 8.24. The second kappa shape index (κ2) is 6.81. The van der Waals surface area contributed by atoms with Gasteiger partial charge in [0.05, 0.1) is 12.0 Å². The predicted octanol–water partition coefficient (Wildman–Crippen LogP) is 4.49. The molecule has 0 bridgehead atoms. The van der Waals surface area contributed by atoms with Gasteiger partial charge in [0.2, 0.25) is 5.91 Å². The zero-order valence-corrected chi connectivity index (χ0v) is 12.9. The van der Waals surface area contributed by atoms with Crippen LogP contribution in [0.25, 0.3) is 0 Å². The smallest absolute Gasteiger partial charge is 0.340 e. The Morgan fingerprint density at radius 1 is 1.33 bits per heavy atom. The molecular weight excluding hydrogens is 299 g/mol. The van der Waals surface area contributed by atoms with Crippen molar-refractivity contribution in [3.8, 4) is 0 Å². The largest absolute Gasteiger partial charge is 0.417 e. The molecule has 0 aliphatic heterocycles. The van der Waals surface area contributed by atoms with Crippen molar-refractivity contribution in [2.75, 3.05) is 6.54 Å². The molecule has 0 atom stereocenters. The molecule has 1 saturated carbocycles. The maximum Gasteiger partial charge on any atom is 0.417 e. The van der Waals surface area contributed by atoms with Crippen LogP contribution in [0.2, 0.25) is 0 Å². The molecule has 1 aliphatic carbocycles. The molecule has 2 rings (SSSR count). The van der Waals surface area contributed by atoms with Crippen molar-refractivity contribution < 1.29 is 18.0 Å². The molecule has 1 aromatic rings. The van der Waals surface area contributed by atoms with Crippen LogP contribution in [0, 0.1) is 0 Å². The number of likely N-dealkylation sites (N-methyl/N-ethyl adjacent to an activating group) is 1. The van der Waals surface area contributed by atoms with Crippen LogP contribution in [0.1, 0.15) is 49.5 Å². The summed E-state index contributed by atoms with van der Waals surface area (Å²) in [7, 11) is 0. The number of alkyl halides is 3. The maximum atomic E-state index is 12.9. The summed E-state index contributed by atoms with van der Waals surface area (Å²) in [5.41, 5.74) is -0.666. The minimum Gasteiger partial charge on any atom is -0.340 e. The average Bonchev–Trinajstić information content (AvgIpc) is 2.89. The molecule has 1 fully saturated rings. The molecular formula is C15H20F3NOS. The molecule has 0 aromatic carbocycles. The fourth-order valence-electron chi connectivity index (χ4n) is 3.00. The van der Waals surface area contributed by atoms with E-state index in [0.29, 0.717) is 6.54 Å². The summed E-state index contributed by atoms with van der Waals surface area (Å²) in [5, 5.41) is 1.41. The van der Waals surface area contributed by atoms with Gasteiger partial charge < -0.3 is 4.90 Å². The van der Waals surface area contributed by atoms with Gasteiger partial charge in [0, 0.05) is 17.5 Å². The molecule has 2 nitrogen and oxygen atoms in total. The number of carbonyl (C=O) groups excluding carboxylic acids is 1. The third-order valence-corrected chi connectivity index (χ3v) is 4.96. The van der Waals surface area contributed by atoms with E-state index in [1.165, 1.54) is 11.8 Å². The van der Waals surface area contributed by atoms with Crippen molar-refractivity contribution in [1.29, 1.82) is 0 Å². The Bertz CT molecular complexity index is 478. The lowest BCUT2D eigenvalue weighted by molar-refractivity contribution is -0.138. The van der Waals surface area contributed by atoms with E-state index in [-0.39, 0.29) is 23.2 Å². The number of carbonyl (C=O) groups is 1. The lowest BCUT2D eigenvalue weighted by Crippen LogP contribution is -2.42. The van der Waals surface area contributed by atoms with E-state index in [4.69, 9.17) is 0 Å². The SMILES string of the molecule is CCN(C(=O)Cc1sccc1C(F)(F)F)C1CCCCC1. The number of halogens is 3. The van der Waals surface area contributed by atoms with E-state index in [1.54, 1.807) is 4.90 Å². The summed E-state index contributed by atoms with van der Waals surface area (Å²) in [4.78, 5) is 14.3. The number of hydrogen-bond acceptors (Lipinski definition) is 2. The predicted molar refractivity (Wildman–Crippen MR) is 77.3 cm³/mol. The van der Waals surface area contributed by atoms with Crippen molar-refractivity contribution in [1.82, 2.24) is 4.90 Å². The van der Waals surface area contributed by atoms with Crippen LogP contribution in [-0.2, 0) is 17.4 Å². The molecule has 1 aliphatic rings. The van der Waals surface area contributed by atoms with E-state index >= 15 is 0 Å². The summed E-state index contributed by atoms with van der Waals surface area (Å²) >= 11 is 1.01. The average molecular weight is 319 g/mol. The van der Waals surface area contributed by atoms with Gasteiger partial charge >= 0.3 is 6.18 Å². The fraction of sp³-hybridized carbons (Fsp3) is 0.667. The summed E-state index contributed by atoms with van der Waals surface area (Å²) in [6, 6.07) is 1.26. The van der Waals surface area contributed by atoms with Gasteiger partial charge in [-0.15, -0.1) is 11.3 Å². The zero-order valence-electron chi connectivity index (χ0n) is 12.1. The first-order valence-electron chi connectivity index (χ1n) is 7.36. The van der Waals surface area contributed by atoms with Crippen LogP contribution in [0.5, 0.6) is 0 Å². The zero-order chi connectivity index (χ0) is 15.5. The van der Waals surface area contributed by atoms with Crippen LogP contribution < -0.4 is 0 Å². The van der Waals surface area contributed by atoms with E-state index in [9.17, 15) is 18.0 Å². The van der Waals surface area contributed by atoms with Crippen LogP contribution in [-0.4, -0.2) is 23.4 Å². The Labute approximate surface area is 126 Å². The molecule has 0 N–H and O–H groups in total. The minimum absolute atomic E-state index is 0.127. The lowest BCUT2D eigenvalue weighted by atomic mass is 9.94. The number of nitrogens with zero attached hydrogens (tertiary/aromatic N) is 1. The van der Waals surface area contributed by atoms with E-state index in [2.05, 4.69) is 0 Å². The van der Waals surface area contributed by atoms with Crippen LogP contribution in [0.4, 0.5) is 13.2 Å². The molecule has 1 amide bonds. The first-order chi connectivity index (χ1) is 9.93. The summed E-state index contributed by atoms with van der Waals surface area (Å²) < 4.78 is 38.6. The summed E-state index contributed by atoms with van der Waals surface area (Å²) in [6.07, 6.45) is 0.800. The molecule has 6 heteroatoms. The van der Waals surface area contributed by atoms with Gasteiger partial charge in [-0.3, -0.25) is 4.79 Å². The molecule has 0 radical (unpaired) electrons. The van der Waals surface area contributed by atoms with Gasteiger partial charge in [0.15, 0.2) is 0 Å². The van der Waals surface area contributed by atoms with Crippen LogP contribution >= 0.6 is 11.3 Å². The minimum atomic E-state index is -4.38. The molecule has 0 unspecified atom stereocenters. The maximum absolute atomic E-state index is 12.9. The number of rotatable bonds is 4. The van der Waals surface area contributed by atoms with Crippen molar-refractivity contribution in [2.24, 2.45) is 0 Å². The Kier molecular flexibility index (Phi) is 5.30. The Balaban J connectivity index is 2.07. The second-order valence-corrected chi connectivity index (χ2v) is 6.40. The highest BCUT2D eigenvalue weighted by Gasteiger charge is 2.35. The van der Waals surface area contributed by atoms with Crippen LogP contribution in [0.15, 0.2) is 11.4 Å². The number of amides is 1. The highest BCUT2D eigenvalue weighted by atomic mass is 32.1. The van der Waals surface area contributed by atoms with Gasteiger partial charge in [0.25, 0.3) is 0 Å². The number of hydrogen-bond donors (Lipinski definition) is 0. The topological polar surface area (TPSA) is 20.3 Å². The third kappa shape index (κ3) is 3.99. The second-order valence-electron chi connectivity index (χ2n) is 5.40. The van der Waals surface area contributed by atoms with E-state index in [1.807, 2.05) is 6.92 Å². The standard InChI is InChI=1S/C15H20F3NOS/c1-2-19(11-6-4-3-5-7-11)14(20)10-13-12(8-9-21-13)15(16,17)18/h8-9,11H,2-7,10H2,1H3. The monoisotopic (exact) mass is 319 g/mol. The highest BCUT2D eigenvalue weighted by molar-refractivity contribution is 7.10. The van der Waals surface area contributed by atoms with Gasteiger partial charge in [-0.1, -0.05) is 19.3 Å². The molecule has 0 spiro atoms. The van der Waals surface area contributed by atoms with Gasteiger partial charge in [0.1, 0.15) is 0 Å². The van der Waals surface area contributed by atoms with Crippen molar-refractivity contribution in [3.05, 3.63) is 21.9 Å². The van der Waals surface area contributed by atoms with Crippen molar-refractivity contribution >= 4 is 17.2 Å². The summed E-state index contributed by atoms with van der Waals surface area (Å²) in [6.45, 7) is 2.46. The first kappa shape index (κ1) is 16.3. The Hall–Kier alpha value is -1.04. The fourth-order valence-corrected chi connectivity index (χ4v) is 3.89. The van der Waals surface area contributed by atoms with Crippen molar-refractivity contribution in [2.45, 2.75) is 57.7 Å². The lowest BCUT2D eigenvalue weighted by Gasteiger charge is -2.33. The Morgan fingerprint density at radius 2 is 2.00 bits per heavy atom. The molecule has 118 valence electrons. The molecule has 1 heterocycles. The normalized spacial score (nSPS) is 17.0. The molecule has 21 heavy (non-hydrogen) atoms. The van der Waals surface area contributed by atoms with E-state index < -0.39 is 11.7 Å². The number of thiophene rings is 1. The van der Waals surface area contributed by atoms with E-state index in [0.717, 1.165) is 43.1 Å². The quantitative estimate of drug-likeness (QED) is 0.800. The Morgan fingerprint density at radius 3 is 2.57 bits per heavy atom. The highest BCUT2D eigenvalue weighted by Crippen LogP contribution is 2.35. The molecule has 0 saturated heterocycles. The van der Waals surface area contributed by atoms with Gasteiger partial charge in [-0.25, -0.2) is 0 Å². The van der Waals surface area contributed by atoms with Crippen LogP contribution in [0.3, 0.4) is 0 Å². The van der Waals surface area contributed by atoms with Gasteiger partial charge in [-0.05, 0) is 31.2 Å². The summed E-state index contributed by atoms with van der Waals surface area (Å²) in [5.74, 6) is -0.183. The third-order valence-electron chi connectivity index (χ3n) is 4.04.